The first-order valence-corrected chi connectivity index (χ1v) is 8.00. The summed E-state index contributed by atoms with van der Waals surface area (Å²) in [6, 6.07) is 0.225. The third-order valence-electron chi connectivity index (χ3n) is 4.01. The number of esters is 1. The molecule has 1 aliphatic rings. The molecule has 1 saturated heterocycles. The predicted octanol–water partition coefficient (Wildman–Crippen LogP) is 1.81. The molecule has 1 aliphatic heterocycles. The molecule has 0 aromatic rings. The fourth-order valence-corrected chi connectivity index (χ4v) is 2.93. The van der Waals surface area contributed by atoms with Crippen LogP contribution in [-0.2, 0) is 14.3 Å². The minimum Gasteiger partial charge on any atom is -0.465 e. The van der Waals surface area contributed by atoms with Crippen LogP contribution in [0.1, 0.15) is 47.5 Å². The van der Waals surface area contributed by atoms with Crippen molar-refractivity contribution in [2.24, 2.45) is 11.3 Å². The Kier molecular flexibility index (Phi) is 6.65. The molecule has 0 aliphatic carbocycles. The van der Waals surface area contributed by atoms with Gasteiger partial charge in [0, 0.05) is 12.6 Å². The van der Waals surface area contributed by atoms with Crippen LogP contribution in [0.15, 0.2) is 0 Å². The number of nitrogens with one attached hydrogen (secondary N) is 1. The van der Waals surface area contributed by atoms with Crippen molar-refractivity contribution in [3.8, 4) is 0 Å². The lowest BCUT2D eigenvalue weighted by atomic mass is 9.79. The molecule has 1 N–H and O–H groups in total. The molecule has 0 aromatic heterocycles. The zero-order valence-corrected chi connectivity index (χ0v) is 14.1. The van der Waals surface area contributed by atoms with E-state index in [1.54, 1.807) is 6.92 Å². The first-order valence-electron chi connectivity index (χ1n) is 8.00. The Morgan fingerprint density at radius 3 is 2.24 bits per heavy atom. The van der Waals surface area contributed by atoms with Gasteiger partial charge in [-0.1, -0.05) is 20.8 Å². The lowest BCUT2D eigenvalue weighted by molar-refractivity contribution is -0.161. The van der Waals surface area contributed by atoms with Crippen molar-refractivity contribution in [1.82, 2.24) is 10.2 Å². The zero-order valence-electron chi connectivity index (χ0n) is 14.1. The Morgan fingerprint density at radius 2 is 1.81 bits per heavy atom. The van der Waals surface area contributed by atoms with Crippen LogP contribution in [0.5, 0.6) is 0 Å². The van der Waals surface area contributed by atoms with Crippen molar-refractivity contribution >= 4 is 11.9 Å². The van der Waals surface area contributed by atoms with E-state index >= 15 is 0 Å². The molecule has 1 unspecified atom stereocenters. The van der Waals surface area contributed by atoms with Crippen LogP contribution in [0.2, 0.25) is 0 Å². The maximum Gasteiger partial charge on any atom is 0.319 e. The van der Waals surface area contributed by atoms with Crippen LogP contribution in [0, 0.1) is 11.3 Å². The molecular weight excluding hydrogens is 268 g/mol. The van der Waals surface area contributed by atoms with Gasteiger partial charge in [0.25, 0.3) is 0 Å². The molecule has 1 atom stereocenters. The maximum atomic E-state index is 12.9. The Morgan fingerprint density at radius 1 is 1.24 bits per heavy atom. The van der Waals surface area contributed by atoms with Gasteiger partial charge in [0.15, 0.2) is 0 Å². The Labute approximate surface area is 128 Å². The summed E-state index contributed by atoms with van der Waals surface area (Å²) >= 11 is 0. The number of carbonyl (C=O) groups is 2. The normalized spacial score (nSPS) is 18.1. The van der Waals surface area contributed by atoms with Gasteiger partial charge in [0.1, 0.15) is 5.92 Å². The zero-order chi connectivity index (χ0) is 16.0. The largest absolute Gasteiger partial charge is 0.465 e. The lowest BCUT2D eigenvalue weighted by Crippen LogP contribution is -2.52. The second-order valence-corrected chi connectivity index (χ2v) is 6.66. The first-order chi connectivity index (χ1) is 9.82. The molecule has 0 radical (unpaired) electrons. The quantitative estimate of drug-likeness (QED) is 0.621. The SMILES string of the molecule is CCOC(=O)C(C(=O)N(CC)C1CCNCC1)C(C)(C)C. The average molecular weight is 298 g/mol. The highest BCUT2D eigenvalue weighted by Gasteiger charge is 2.42. The van der Waals surface area contributed by atoms with Crippen LogP contribution in [-0.4, -0.2) is 49.1 Å². The molecule has 1 heterocycles. The molecule has 122 valence electrons. The predicted molar refractivity (Wildman–Crippen MR) is 82.9 cm³/mol. The molecule has 0 bridgehead atoms. The summed E-state index contributed by atoms with van der Waals surface area (Å²) in [6.07, 6.45) is 1.89. The number of rotatable bonds is 5. The van der Waals surface area contributed by atoms with E-state index in [1.807, 2.05) is 32.6 Å². The molecule has 1 rings (SSSR count). The number of hydrogen-bond donors (Lipinski definition) is 1. The Hall–Kier alpha value is -1.10. The summed E-state index contributed by atoms with van der Waals surface area (Å²) in [4.78, 5) is 27.1. The molecule has 5 nitrogen and oxygen atoms in total. The molecule has 21 heavy (non-hydrogen) atoms. The highest BCUT2D eigenvalue weighted by molar-refractivity contribution is 5.98. The van der Waals surface area contributed by atoms with Gasteiger partial charge in [-0.05, 0) is 45.2 Å². The number of amides is 1. The van der Waals surface area contributed by atoms with Crippen molar-refractivity contribution in [2.75, 3.05) is 26.2 Å². The second kappa shape index (κ2) is 7.78. The van der Waals surface area contributed by atoms with Gasteiger partial charge in [-0.3, -0.25) is 9.59 Å². The van der Waals surface area contributed by atoms with Crippen LogP contribution in [0.4, 0.5) is 0 Å². The van der Waals surface area contributed by atoms with Crippen molar-refractivity contribution < 1.29 is 14.3 Å². The van der Waals surface area contributed by atoms with E-state index in [9.17, 15) is 9.59 Å². The first kappa shape index (κ1) is 18.0. The summed E-state index contributed by atoms with van der Waals surface area (Å²) in [5, 5.41) is 3.31. The number of hydrogen-bond acceptors (Lipinski definition) is 4. The van der Waals surface area contributed by atoms with Crippen molar-refractivity contribution in [3.05, 3.63) is 0 Å². The number of carbonyl (C=O) groups excluding carboxylic acids is 2. The highest BCUT2D eigenvalue weighted by Crippen LogP contribution is 2.30. The van der Waals surface area contributed by atoms with Crippen molar-refractivity contribution in [1.29, 1.82) is 0 Å². The molecular formula is C16H30N2O3. The molecule has 5 heteroatoms. The van der Waals surface area contributed by atoms with E-state index in [0.717, 1.165) is 25.9 Å². The fourth-order valence-electron chi connectivity index (χ4n) is 2.93. The summed E-state index contributed by atoms with van der Waals surface area (Å²) < 4.78 is 5.13. The monoisotopic (exact) mass is 298 g/mol. The molecule has 0 saturated carbocycles. The third-order valence-corrected chi connectivity index (χ3v) is 4.01. The third kappa shape index (κ3) is 4.70. The number of ether oxygens (including phenoxy) is 1. The van der Waals surface area contributed by atoms with E-state index < -0.39 is 17.3 Å². The molecule has 0 aromatic carbocycles. The Balaban J connectivity index is 2.93. The van der Waals surface area contributed by atoms with Gasteiger partial charge in [0.2, 0.25) is 5.91 Å². The minimum absolute atomic E-state index is 0.0876. The van der Waals surface area contributed by atoms with Gasteiger partial charge in [0.05, 0.1) is 6.61 Å². The highest BCUT2D eigenvalue weighted by atomic mass is 16.5. The van der Waals surface area contributed by atoms with E-state index in [1.165, 1.54) is 0 Å². The number of piperidine rings is 1. The van der Waals surface area contributed by atoms with Crippen molar-refractivity contribution in [2.45, 2.75) is 53.5 Å². The molecule has 0 spiro atoms. The Bertz CT molecular complexity index is 357. The van der Waals surface area contributed by atoms with Crippen LogP contribution in [0.25, 0.3) is 0 Å². The standard InChI is InChI=1S/C16H30N2O3/c1-6-18(12-8-10-17-11-9-12)14(19)13(16(3,4)5)15(20)21-7-2/h12-13,17H,6-11H2,1-5H3. The van der Waals surface area contributed by atoms with Gasteiger partial charge < -0.3 is 15.0 Å². The molecule has 1 fully saturated rings. The maximum absolute atomic E-state index is 12.9. The van der Waals surface area contributed by atoms with Crippen LogP contribution >= 0.6 is 0 Å². The lowest BCUT2D eigenvalue weighted by Gasteiger charge is -2.38. The van der Waals surface area contributed by atoms with Gasteiger partial charge in [-0.25, -0.2) is 0 Å². The van der Waals surface area contributed by atoms with Crippen LogP contribution < -0.4 is 5.32 Å². The topological polar surface area (TPSA) is 58.6 Å². The summed E-state index contributed by atoms with van der Waals surface area (Å²) in [6.45, 7) is 12.3. The minimum atomic E-state index is -0.729. The summed E-state index contributed by atoms with van der Waals surface area (Å²) in [5.74, 6) is -1.22. The van der Waals surface area contributed by atoms with Gasteiger partial charge in [-0.2, -0.15) is 0 Å². The van der Waals surface area contributed by atoms with E-state index in [-0.39, 0.29) is 11.9 Å². The van der Waals surface area contributed by atoms with Crippen LogP contribution in [0.3, 0.4) is 0 Å². The van der Waals surface area contributed by atoms with E-state index in [0.29, 0.717) is 13.2 Å². The molecule has 1 amide bonds. The fraction of sp³-hybridized carbons (Fsp3) is 0.875. The van der Waals surface area contributed by atoms with Gasteiger partial charge >= 0.3 is 5.97 Å². The van der Waals surface area contributed by atoms with E-state index in [2.05, 4.69) is 5.32 Å². The number of nitrogens with zero attached hydrogens (tertiary/aromatic N) is 1. The summed E-state index contributed by atoms with van der Waals surface area (Å²) in [5.41, 5.74) is -0.441. The van der Waals surface area contributed by atoms with Gasteiger partial charge in [-0.15, -0.1) is 0 Å². The smallest absolute Gasteiger partial charge is 0.319 e. The summed E-state index contributed by atoms with van der Waals surface area (Å²) in [7, 11) is 0. The van der Waals surface area contributed by atoms with Crippen molar-refractivity contribution in [3.63, 3.8) is 0 Å². The average Bonchev–Trinajstić information content (AvgIpc) is 2.39. The second-order valence-electron chi connectivity index (χ2n) is 6.66. The van der Waals surface area contributed by atoms with E-state index in [4.69, 9.17) is 4.74 Å².